The van der Waals surface area contributed by atoms with E-state index in [1.807, 2.05) is 20.8 Å². The first-order valence-electron chi connectivity index (χ1n) is 14.9. The number of hydrogen-bond acceptors (Lipinski definition) is 6. The minimum absolute atomic E-state index is 0.0255. The molecule has 1 aliphatic heterocycles. The Labute approximate surface area is 242 Å². The van der Waals surface area contributed by atoms with Crippen molar-refractivity contribution in [2.75, 3.05) is 18.0 Å². The average Bonchev–Trinajstić information content (AvgIpc) is 3.33. The van der Waals surface area contributed by atoms with Crippen molar-refractivity contribution < 1.29 is 24.2 Å². The van der Waals surface area contributed by atoms with E-state index in [9.17, 15) is 19.5 Å². The van der Waals surface area contributed by atoms with Crippen LogP contribution >= 0.6 is 11.3 Å². The van der Waals surface area contributed by atoms with E-state index >= 15 is 0 Å². The lowest BCUT2D eigenvalue weighted by Gasteiger charge is -2.39. The highest BCUT2D eigenvalue weighted by Crippen LogP contribution is 2.39. The molecule has 220 valence electrons. The highest BCUT2D eigenvalue weighted by molar-refractivity contribution is 7.15. The summed E-state index contributed by atoms with van der Waals surface area (Å²) in [6.07, 6.45) is 7.86. The molecule has 3 N–H and O–H groups in total. The summed E-state index contributed by atoms with van der Waals surface area (Å²) in [7, 11) is 0. The Morgan fingerprint density at radius 2 is 1.77 bits per heavy atom. The molecule has 0 unspecified atom stereocenters. The first kappa shape index (κ1) is 30.4. The van der Waals surface area contributed by atoms with Gasteiger partial charge in [0.2, 0.25) is 5.91 Å². The second kappa shape index (κ2) is 13.4. The van der Waals surface area contributed by atoms with Crippen LogP contribution in [0.3, 0.4) is 0 Å². The molecule has 1 aromatic heterocycles. The van der Waals surface area contributed by atoms with Gasteiger partial charge in [-0.25, -0.2) is 9.59 Å². The van der Waals surface area contributed by atoms with Crippen LogP contribution in [0.1, 0.15) is 106 Å². The Kier molecular flexibility index (Phi) is 10.2. The zero-order valence-electron chi connectivity index (χ0n) is 24.4. The van der Waals surface area contributed by atoms with E-state index in [2.05, 4.69) is 29.4 Å². The number of aromatic carboxylic acids is 1. The van der Waals surface area contributed by atoms with Crippen LogP contribution in [-0.2, 0) is 9.53 Å². The number of carbonyl (C=O) groups is 3. The minimum Gasteiger partial charge on any atom is -0.477 e. The van der Waals surface area contributed by atoms with Crippen LogP contribution in [0.2, 0.25) is 0 Å². The van der Waals surface area contributed by atoms with Gasteiger partial charge in [0.1, 0.15) is 11.0 Å². The normalized spacial score (nSPS) is 27.1. The van der Waals surface area contributed by atoms with E-state index in [1.165, 1.54) is 0 Å². The zero-order valence-corrected chi connectivity index (χ0v) is 25.2. The van der Waals surface area contributed by atoms with Gasteiger partial charge in [-0.2, -0.15) is 0 Å². The van der Waals surface area contributed by atoms with Crippen LogP contribution in [0.25, 0.3) is 0 Å². The standard InChI is InChI=1S/C31H45N3O5S/c1-20-7-9-21(10-8-20)28(35)34(26-18-25(15-16-31(2,3)4)40-27(26)29(36)37)23-13-11-22(12-14-23)33-30(38)39-24-6-5-17-32-19-24/h18,20-24,32H,5-14,17,19H2,1-4H3,(H,33,38)(H,36,37)/t20?,21?,22?,23?,24-/m1/s1. The van der Waals surface area contributed by atoms with Gasteiger partial charge in [-0.15, -0.1) is 11.3 Å². The predicted octanol–water partition coefficient (Wildman–Crippen LogP) is 5.79. The smallest absolute Gasteiger partial charge is 0.407 e. The zero-order chi connectivity index (χ0) is 28.9. The fourth-order valence-electron chi connectivity index (χ4n) is 5.97. The number of rotatable bonds is 6. The number of alkyl carbamates (subject to hydrolysis) is 1. The first-order chi connectivity index (χ1) is 19.0. The summed E-state index contributed by atoms with van der Waals surface area (Å²) < 4.78 is 5.60. The Balaban J connectivity index is 1.52. The molecule has 1 aromatic rings. The maximum absolute atomic E-state index is 14.1. The molecule has 9 heteroatoms. The Morgan fingerprint density at radius 1 is 1.07 bits per heavy atom. The predicted molar refractivity (Wildman–Crippen MR) is 158 cm³/mol. The van der Waals surface area contributed by atoms with Crippen LogP contribution < -0.4 is 15.5 Å². The third-order valence-corrected chi connectivity index (χ3v) is 9.27. The molecule has 0 spiro atoms. The SMILES string of the molecule is CC1CCC(C(=O)N(c2cc(C#CC(C)(C)C)sc2C(=O)O)C2CCC(NC(=O)O[C@@H]3CCCNC3)CC2)CC1. The van der Waals surface area contributed by atoms with Crippen molar-refractivity contribution in [1.82, 2.24) is 10.6 Å². The van der Waals surface area contributed by atoms with Crippen molar-refractivity contribution in [3.63, 3.8) is 0 Å². The number of carboxylic acid groups (broad SMARTS) is 1. The summed E-state index contributed by atoms with van der Waals surface area (Å²) in [5.41, 5.74) is 0.252. The van der Waals surface area contributed by atoms with Crippen molar-refractivity contribution in [1.29, 1.82) is 0 Å². The number of anilines is 1. The third-order valence-electron chi connectivity index (χ3n) is 8.24. The number of piperidine rings is 1. The second-order valence-electron chi connectivity index (χ2n) is 12.8. The fraction of sp³-hybridized carbons (Fsp3) is 0.710. The topological polar surface area (TPSA) is 108 Å². The van der Waals surface area contributed by atoms with Crippen molar-refractivity contribution in [2.45, 2.75) is 110 Å². The number of thiophene rings is 1. The van der Waals surface area contributed by atoms with Crippen LogP contribution in [0.15, 0.2) is 6.07 Å². The molecule has 0 radical (unpaired) electrons. The Bertz CT molecular complexity index is 1110. The van der Waals surface area contributed by atoms with E-state index in [4.69, 9.17) is 4.74 Å². The molecular formula is C31H45N3O5S. The van der Waals surface area contributed by atoms with Crippen LogP contribution in [0.5, 0.6) is 0 Å². The maximum Gasteiger partial charge on any atom is 0.407 e. The Hall–Kier alpha value is -2.57. The quantitative estimate of drug-likeness (QED) is 0.373. The average molecular weight is 572 g/mol. The molecule has 2 saturated carbocycles. The number of carboxylic acids is 1. The number of hydrogen-bond donors (Lipinski definition) is 3. The number of carbonyl (C=O) groups excluding carboxylic acids is 2. The monoisotopic (exact) mass is 571 g/mol. The lowest BCUT2D eigenvalue weighted by Crippen LogP contribution is -2.49. The molecule has 2 amide bonds. The highest BCUT2D eigenvalue weighted by atomic mass is 32.1. The van der Waals surface area contributed by atoms with E-state index in [0.29, 0.717) is 48.7 Å². The maximum atomic E-state index is 14.1. The highest BCUT2D eigenvalue weighted by Gasteiger charge is 2.38. The largest absolute Gasteiger partial charge is 0.477 e. The van der Waals surface area contributed by atoms with Crippen molar-refractivity contribution in [3.05, 3.63) is 15.8 Å². The van der Waals surface area contributed by atoms with Gasteiger partial charge in [0.05, 0.1) is 10.6 Å². The first-order valence-corrected chi connectivity index (χ1v) is 15.7. The molecule has 0 bridgehead atoms. The molecule has 4 rings (SSSR count). The van der Waals surface area contributed by atoms with Gasteiger partial charge < -0.3 is 25.4 Å². The molecule has 0 aromatic carbocycles. The molecule has 1 atom stereocenters. The summed E-state index contributed by atoms with van der Waals surface area (Å²) in [4.78, 5) is 41.6. The van der Waals surface area contributed by atoms with Gasteiger partial charge in [0.25, 0.3) is 0 Å². The molecular weight excluding hydrogens is 526 g/mol. The van der Waals surface area contributed by atoms with Crippen molar-refractivity contribution in [2.24, 2.45) is 17.3 Å². The summed E-state index contributed by atoms with van der Waals surface area (Å²) in [6, 6.07) is 1.65. The molecule has 2 heterocycles. The van der Waals surface area contributed by atoms with Gasteiger partial charge in [-0.3, -0.25) is 4.79 Å². The molecule has 40 heavy (non-hydrogen) atoms. The molecule has 2 aliphatic carbocycles. The van der Waals surface area contributed by atoms with E-state index < -0.39 is 5.97 Å². The summed E-state index contributed by atoms with van der Waals surface area (Å²) in [6.45, 7) is 9.91. The molecule has 3 fully saturated rings. The van der Waals surface area contributed by atoms with Crippen LogP contribution in [0.4, 0.5) is 10.5 Å². The minimum atomic E-state index is -1.03. The van der Waals surface area contributed by atoms with E-state index in [-0.39, 0.29) is 46.4 Å². The van der Waals surface area contributed by atoms with Gasteiger partial charge >= 0.3 is 12.1 Å². The number of nitrogens with zero attached hydrogens (tertiary/aromatic N) is 1. The van der Waals surface area contributed by atoms with Crippen molar-refractivity contribution in [3.8, 4) is 11.8 Å². The van der Waals surface area contributed by atoms with Gasteiger partial charge in [0.15, 0.2) is 0 Å². The van der Waals surface area contributed by atoms with Crippen LogP contribution in [0, 0.1) is 29.1 Å². The molecule has 3 aliphatic rings. The summed E-state index contributed by atoms with van der Waals surface area (Å²) in [5, 5.41) is 16.4. The second-order valence-corrected chi connectivity index (χ2v) is 13.9. The van der Waals surface area contributed by atoms with Crippen molar-refractivity contribution >= 4 is 35.0 Å². The van der Waals surface area contributed by atoms with Crippen LogP contribution in [-0.4, -0.2) is 54.4 Å². The van der Waals surface area contributed by atoms with E-state index in [0.717, 1.165) is 56.4 Å². The van der Waals surface area contributed by atoms with Gasteiger partial charge in [-0.1, -0.05) is 18.8 Å². The third kappa shape index (κ3) is 8.23. The summed E-state index contributed by atoms with van der Waals surface area (Å²) >= 11 is 1.14. The number of ether oxygens (including phenoxy) is 1. The van der Waals surface area contributed by atoms with Gasteiger partial charge in [0, 0.05) is 30.0 Å². The number of amides is 2. The summed E-state index contributed by atoms with van der Waals surface area (Å²) in [5.74, 6) is 5.85. The van der Waals surface area contributed by atoms with E-state index in [1.54, 1.807) is 11.0 Å². The van der Waals surface area contributed by atoms with Gasteiger partial charge in [-0.05, 0) is 104 Å². The number of nitrogens with one attached hydrogen (secondary N) is 2. The lowest BCUT2D eigenvalue weighted by molar-refractivity contribution is -0.124. The molecule has 8 nitrogen and oxygen atoms in total. The molecule has 1 saturated heterocycles. The fourth-order valence-corrected chi connectivity index (χ4v) is 6.82. The Morgan fingerprint density at radius 3 is 2.38 bits per heavy atom. The lowest BCUT2D eigenvalue weighted by atomic mass is 9.81.